The minimum Gasteiger partial charge on any atom is -0.395 e. The van der Waals surface area contributed by atoms with Crippen LogP contribution in [0.4, 0.5) is 0 Å². The summed E-state index contributed by atoms with van der Waals surface area (Å²) in [6, 6.07) is 1.01. The van der Waals surface area contributed by atoms with Crippen LogP contribution in [0.1, 0.15) is 26.7 Å². The Labute approximate surface area is 79.1 Å². The van der Waals surface area contributed by atoms with Crippen molar-refractivity contribution in [1.82, 2.24) is 5.32 Å². The van der Waals surface area contributed by atoms with Crippen LogP contribution in [0.5, 0.6) is 0 Å². The van der Waals surface area contributed by atoms with Crippen LogP contribution in [0.2, 0.25) is 0 Å². The van der Waals surface area contributed by atoms with E-state index in [-0.39, 0.29) is 6.61 Å². The highest BCUT2D eigenvalue weighted by Crippen LogP contribution is 2.20. The summed E-state index contributed by atoms with van der Waals surface area (Å²) in [5.41, 5.74) is 0. The number of aliphatic hydroxyl groups excluding tert-OH is 1. The average Bonchev–Trinajstić information content (AvgIpc) is 2.81. The minimum absolute atomic E-state index is 0.274. The van der Waals surface area contributed by atoms with E-state index >= 15 is 0 Å². The van der Waals surface area contributed by atoms with Crippen LogP contribution in [0.25, 0.3) is 0 Å². The summed E-state index contributed by atoms with van der Waals surface area (Å²) in [6.45, 7) is 4.66. The summed E-state index contributed by atoms with van der Waals surface area (Å²) in [7, 11) is 0. The Kier molecular flexibility index (Phi) is 4.40. The van der Waals surface area contributed by atoms with Gasteiger partial charge in [0.15, 0.2) is 0 Å². The van der Waals surface area contributed by atoms with Crippen LogP contribution in [-0.4, -0.2) is 34.8 Å². The molecule has 0 aromatic rings. The van der Waals surface area contributed by atoms with Crippen molar-refractivity contribution in [3.63, 3.8) is 0 Å². The predicted octanol–water partition coefficient (Wildman–Crippen LogP) is 1.24. The van der Waals surface area contributed by atoms with Crippen molar-refractivity contribution in [2.45, 2.75) is 44.0 Å². The van der Waals surface area contributed by atoms with Crippen LogP contribution in [0, 0.1) is 0 Å². The molecular weight excluding hydrogens is 170 g/mol. The molecule has 0 aromatic carbocycles. The summed E-state index contributed by atoms with van der Waals surface area (Å²) < 4.78 is 0. The normalized spacial score (nSPS) is 20.0. The molecule has 1 unspecified atom stereocenters. The van der Waals surface area contributed by atoms with Gasteiger partial charge in [0.1, 0.15) is 0 Å². The highest BCUT2D eigenvalue weighted by Gasteiger charge is 2.24. The number of nitrogens with one attached hydrogen (secondary N) is 1. The summed E-state index contributed by atoms with van der Waals surface area (Å²) in [5.74, 6) is 1.03. The fourth-order valence-corrected chi connectivity index (χ4v) is 1.86. The van der Waals surface area contributed by atoms with Gasteiger partial charge >= 0.3 is 0 Å². The maximum Gasteiger partial charge on any atom is 0.0592 e. The molecule has 0 spiro atoms. The van der Waals surface area contributed by atoms with Crippen molar-refractivity contribution in [3.05, 3.63) is 0 Å². The van der Waals surface area contributed by atoms with Crippen LogP contribution >= 0.6 is 11.8 Å². The molecule has 1 aliphatic rings. The van der Waals surface area contributed by atoms with Gasteiger partial charge in [-0.3, -0.25) is 0 Å². The molecule has 0 aliphatic heterocycles. The standard InChI is InChI=1S/C9H19NOS/c1-7(2)12-6-9(5-11)10-8-3-4-8/h7-11H,3-6H2,1-2H3. The molecule has 12 heavy (non-hydrogen) atoms. The summed E-state index contributed by atoms with van der Waals surface area (Å²) in [5, 5.41) is 13.1. The van der Waals surface area contributed by atoms with Gasteiger partial charge in [-0.15, -0.1) is 0 Å². The molecule has 2 N–H and O–H groups in total. The second-order valence-corrected chi connectivity index (χ2v) is 5.31. The summed E-state index contributed by atoms with van der Waals surface area (Å²) in [6.07, 6.45) is 2.59. The van der Waals surface area contributed by atoms with Gasteiger partial charge in [-0.25, -0.2) is 0 Å². The number of thioether (sulfide) groups is 1. The van der Waals surface area contributed by atoms with Crippen molar-refractivity contribution in [2.75, 3.05) is 12.4 Å². The zero-order chi connectivity index (χ0) is 8.97. The van der Waals surface area contributed by atoms with Crippen LogP contribution in [0.15, 0.2) is 0 Å². The smallest absolute Gasteiger partial charge is 0.0592 e. The molecular formula is C9H19NOS. The number of rotatable bonds is 6. The number of hydrogen-bond donors (Lipinski definition) is 2. The van der Waals surface area contributed by atoms with Crippen molar-refractivity contribution in [3.8, 4) is 0 Å². The van der Waals surface area contributed by atoms with Crippen molar-refractivity contribution in [1.29, 1.82) is 0 Å². The Balaban J connectivity index is 2.06. The lowest BCUT2D eigenvalue weighted by Crippen LogP contribution is -2.36. The molecule has 72 valence electrons. The third-order valence-electron chi connectivity index (χ3n) is 1.90. The van der Waals surface area contributed by atoms with Gasteiger partial charge in [0, 0.05) is 17.8 Å². The number of hydrogen-bond acceptors (Lipinski definition) is 3. The van der Waals surface area contributed by atoms with E-state index in [0.29, 0.717) is 17.3 Å². The van der Waals surface area contributed by atoms with Gasteiger partial charge in [0.05, 0.1) is 6.61 Å². The largest absolute Gasteiger partial charge is 0.395 e. The Morgan fingerprint density at radius 2 is 2.17 bits per heavy atom. The monoisotopic (exact) mass is 189 g/mol. The van der Waals surface area contributed by atoms with E-state index in [1.807, 2.05) is 11.8 Å². The molecule has 1 saturated carbocycles. The third-order valence-corrected chi connectivity index (χ3v) is 3.16. The predicted molar refractivity (Wildman–Crippen MR) is 54.6 cm³/mol. The van der Waals surface area contributed by atoms with Crippen LogP contribution in [-0.2, 0) is 0 Å². The van der Waals surface area contributed by atoms with Gasteiger partial charge in [-0.2, -0.15) is 11.8 Å². The van der Waals surface area contributed by atoms with E-state index < -0.39 is 0 Å². The first kappa shape index (κ1) is 10.4. The minimum atomic E-state index is 0.274. The lowest BCUT2D eigenvalue weighted by molar-refractivity contribution is 0.253. The molecule has 1 aliphatic carbocycles. The average molecular weight is 189 g/mol. The molecule has 1 fully saturated rings. The van der Waals surface area contributed by atoms with Gasteiger partial charge in [0.2, 0.25) is 0 Å². The van der Waals surface area contributed by atoms with Crippen molar-refractivity contribution in [2.24, 2.45) is 0 Å². The molecule has 0 aromatic heterocycles. The first-order valence-corrected chi connectivity index (χ1v) is 5.75. The summed E-state index contributed by atoms with van der Waals surface area (Å²) in [4.78, 5) is 0. The zero-order valence-electron chi connectivity index (χ0n) is 7.92. The second-order valence-electron chi connectivity index (χ2n) is 3.70. The third kappa shape index (κ3) is 4.33. The van der Waals surface area contributed by atoms with E-state index in [9.17, 15) is 0 Å². The highest BCUT2D eigenvalue weighted by atomic mass is 32.2. The van der Waals surface area contributed by atoms with Crippen LogP contribution in [0.3, 0.4) is 0 Å². The SMILES string of the molecule is CC(C)SCC(CO)NC1CC1. The molecule has 2 nitrogen and oxygen atoms in total. The van der Waals surface area contributed by atoms with E-state index in [4.69, 9.17) is 5.11 Å². The molecule has 0 radical (unpaired) electrons. The maximum absolute atomic E-state index is 9.04. The van der Waals surface area contributed by atoms with Gasteiger partial charge in [0.25, 0.3) is 0 Å². The Morgan fingerprint density at radius 1 is 1.50 bits per heavy atom. The molecule has 1 rings (SSSR count). The van der Waals surface area contributed by atoms with E-state index in [0.717, 1.165) is 5.75 Å². The Morgan fingerprint density at radius 3 is 2.58 bits per heavy atom. The highest BCUT2D eigenvalue weighted by molar-refractivity contribution is 7.99. The van der Waals surface area contributed by atoms with E-state index in [1.165, 1.54) is 12.8 Å². The molecule has 0 heterocycles. The fourth-order valence-electron chi connectivity index (χ4n) is 1.05. The Bertz CT molecular complexity index is 126. The topological polar surface area (TPSA) is 32.3 Å². The van der Waals surface area contributed by atoms with Crippen LogP contribution < -0.4 is 5.32 Å². The van der Waals surface area contributed by atoms with Gasteiger partial charge < -0.3 is 10.4 Å². The first-order chi connectivity index (χ1) is 5.72. The number of aliphatic hydroxyl groups is 1. The summed E-state index contributed by atoms with van der Waals surface area (Å²) >= 11 is 1.91. The molecule has 0 bridgehead atoms. The molecule has 1 atom stereocenters. The van der Waals surface area contributed by atoms with Crippen molar-refractivity contribution < 1.29 is 5.11 Å². The molecule has 0 saturated heterocycles. The second kappa shape index (κ2) is 5.10. The van der Waals surface area contributed by atoms with Gasteiger partial charge in [-0.1, -0.05) is 13.8 Å². The first-order valence-electron chi connectivity index (χ1n) is 4.71. The molecule has 3 heteroatoms. The van der Waals surface area contributed by atoms with E-state index in [1.54, 1.807) is 0 Å². The lowest BCUT2D eigenvalue weighted by Gasteiger charge is -2.16. The zero-order valence-corrected chi connectivity index (χ0v) is 8.73. The quantitative estimate of drug-likeness (QED) is 0.659. The molecule has 0 amide bonds. The van der Waals surface area contributed by atoms with Gasteiger partial charge in [-0.05, 0) is 18.1 Å². The Hall–Kier alpha value is 0.270. The van der Waals surface area contributed by atoms with E-state index in [2.05, 4.69) is 19.2 Å². The van der Waals surface area contributed by atoms with Crippen molar-refractivity contribution >= 4 is 11.8 Å². The lowest BCUT2D eigenvalue weighted by atomic mass is 10.3. The maximum atomic E-state index is 9.04. The fraction of sp³-hybridized carbons (Fsp3) is 1.00.